The van der Waals surface area contributed by atoms with E-state index in [2.05, 4.69) is 125 Å². The zero-order chi connectivity index (χ0) is 23.9. The molecule has 0 nitrogen and oxygen atoms in total. The van der Waals surface area contributed by atoms with Gasteiger partial charge in [0.05, 0.1) is 0 Å². The summed E-state index contributed by atoms with van der Waals surface area (Å²) in [4.78, 5) is 0. The maximum atomic E-state index is 2.38. The summed E-state index contributed by atoms with van der Waals surface area (Å²) in [5.74, 6) is 0. The van der Waals surface area contributed by atoms with E-state index in [-0.39, 0.29) is 0 Å². The van der Waals surface area contributed by atoms with Crippen molar-refractivity contribution in [2.24, 2.45) is 0 Å². The van der Waals surface area contributed by atoms with Gasteiger partial charge in [-0.05, 0) is 60.1 Å². The van der Waals surface area contributed by atoms with E-state index >= 15 is 0 Å². The Balaban J connectivity index is 1.49. The molecule has 0 fully saturated rings. The molecule has 2 heteroatoms. The molecule has 0 saturated heterocycles. The second-order valence-corrected chi connectivity index (χ2v) is 11.6. The summed E-state index contributed by atoms with van der Waals surface area (Å²) in [6, 6.07) is 35.9. The standard InChI is InChI=1S/C32H34S2/c1-5-31(29-11-7-9-27(21-29)25-17-13-23(3)14-18-25)33-34-32(6-2)30-12-8-10-28(22-30)26-19-15-24(4)16-20-26/h7-22,31-32H,5-6H2,1-4H3/t31-,32-/m1/s1. The number of aryl methyl sites for hydroxylation is 2. The van der Waals surface area contributed by atoms with Crippen LogP contribution in [0.4, 0.5) is 0 Å². The van der Waals surface area contributed by atoms with Crippen LogP contribution in [0.2, 0.25) is 0 Å². The second kappa shape index (κ2) is 11.8. The Morgan fingerprint density at radius 3 is 1.24 bits per heavy atom. The predicted octanol–water partition coefficient (Wildman–Crippen LogP) is 10.6. The Morgan fingerprint density at radius 1 is 0.500 bits per heavy atom. The third-order valence-electron chi connectivity index (χ3n) is 6.32. The molecule has 2 atom stereocenters. The van der Waals surface area contributed by atoms with Crippen molar-refractivity contribution in [2.45, 2.75) is 51.0 Å². The van der Waals surface area contributed by atoms with Gasteiger partial charge in [-0.2, -0.15) is 0 Å². The van der Waals surface area contributed by atoms with Crippen LogP contribution in [0, 0.1) is 13.8 Å². The molecular weight excluding hydrogens is 448 g/mol. The van der Waals surface area contributed by atoms with Gasteiger partial charge in [0.1, 0.15) is 0 Å². The van der Waals surface area contributed by atoms with E-state index in [1.165, 1.54) is 44.5 Å². The summed E-state index contributed by atoms with van der Waals surface area (Å²) in [6.45, 7) is 8.88. The van der Waals surface area contributed by atoms with Crippen molar-refractivity contribution in [1.29, 1.82) is 0 Å². The molecule has 0 amide bonds. The molecule has 174 valence electrons. The smallest absolute Gasteiger partial charge is 0.0398 e. The predicted molar refractivity (Wildman–Crippen MR) is 154 cm³/mol. The first-order valence-electron chi connectivity index (χ1n) is 12.2. The van der Waals surface area contributed by atoms with Gasteiger partial charge in [0.15, 0.2) is 0 Å². The summed E-state index contributed by atoms with van der Waals surface area (Å²) < 4.78 is 0. The molecule has 0 N–H and O–H groups in total. The van der Waals surface area contributed by atoms with Crippen LogP contribution in [0.3, 0.4) is 0 Å². The van der Waals surface area contributed by atoms with Gasteiger partial charge in [0, 0.05) is 10.5 Å². The maximum absolute atomic E-state index is 2.38. The summed E-state index contributed by atoms with van der Waals surface area (Å²) in [5.41, 5.74) is 10.6. The van der Waals surface area contributed by atoms with Crippen LogP contribution in [0.5, 0.6) is 0 Å². The first kappa shape index (κ1) is 24.7. The van der Waals surface area contributed by atoms with Gasteiger partial charge >= 0.3 is 0 Å². The highest BCUT2D eigenvalue weighted by atomic mass is 33.1. The van der Waals surface area contributed by atoms with Gasteiger partial charge in [-0.1, -0.05) is 144 Å². The van der Waals surface area contributed by atoms with Crippen molar-refractivity contribution in [3.05, 3.63) is 119 Å². The first-order chi connectivity index (χ1) is 16.6. The van der Waals surface area contributed by atoms with E-state index in [4.69, 9.17) is 0 Å². The fourth-order valence-electron chi connectivity index (χ4n) is 4.18. The zero-order valence-corrected chi connectivity index (χ0v) is 22.3. The molecule has 4 aromatic carbocycles. The molecule has 0 radical (unpaired) electrons. The number of hydrogen-bond donors (Lipinski definition) is 0. The third-order valence-corrected chi connectivity index (χ3v) is 9.83. The first-order valence-corrected chi connectivity index (χ1v) is 14.5. The molecule has 4 rings (SSSR count). The monoisotopic (exact) mass is 482 g/mol. The van der Waals surface area contributed by atoms with Gasteiger partial charge in [-0.25, -0.2) is 0 Å². The lowest BCUT2D eigenvalue weighted by molar-refractivity contribution is 0.893. The minimum Gasteiger partial charge on any atom is -0.0853 e. The van der Waals surface area contributed by atoms with E-state index in [1.807, 2.05) is 21.6 Å². The van der Waals surface area contributed by atoms with Crippen LogP contribution in [0.15, 0.2) is 97.1 Å². The van der Waals surface area contributed by atoms with Crippen molar-refractivity contribution in [3.8, 4) is 22.3 Å². The van der Waals surface area contributed by atoms with Crippen LogP contribution in [0.25, 0.3) is 22.3 Å². The lowest BCUT2D eigenvalue weighted by atomic mass is 10.00. The van der Waals surface area contributed by atoms with E-state index in [0.717, 1.165) is 12.8 Å². The minimum absolute atomic E-state index is 0.477. The normalized spacial score (nSPS) is 12.9. The van der Waals surface area contributed by atoms with Crippen LogP contribution >= 0.6 is 21.6 Å². The maximum Gasteiger partial charge on any atom is 0.0398 e. The van der Waals surface area contributed by atoms with Crippen molar-refractivity contribution in [3.63, 3.8) is 0 Å². The molecule has 34 heavy (non-hydrogen) atoms. The molecule has 0 aromatic heterocycles. The highest BCUT2D eigenvalue weighted by molar-refractivity contribution is 8.76. The molecule has 0 unspecified atom stereocenters. The minimum atomic E-state index is 0.477. The summed E-state index contributed by atoms with van der Waals surface area (Å²) in [6.07, 6.45) is 2.24. The molecule has 0 saturated carbocycles. The van der Waals surface area contributed by atoms with E-state index in [9.17, 15) is 0 Å². The van der Waals surface area contributed by atoms with Gasteiger partial charge in [0.25, 0.3) is 0 Å². The van der Waals surface area contributed by atoms with E-state index in [1.54, 1.807) is 0 Å². The van der Waals surface area contributed by atoms with Crippen LogP contribution in [-0.2, 0) is 0 Å². The number of rotatable bonds is 9. The molecule has 0 aliphatic heterocycles. The zero-order valence-electron chi connectivity index (χ0n) is 20.6. The molecular formula is C32H34S2. The molecule has 0 bridgehead atoms. The van der Waals surface area contributed by atoms with Crippen molar-refractivity contribution >= 4 is 21.6 Å². The topological polar surface area (TPSA) is 0 Å². The van der Waals surface area contributed by atoms with Crippen molar-refractivity contribution in [2.75, 3.05) is 0 Å². The largest absolute Gasteiger partial charge is 0.0853 e. The Bertz CT molecular complexity index is 1100. The van der Waals surface area contributed by atoms with Crippen LogP contribution < -0.4 is 0 Å². The highest BCUT2D eigenvalue weighted by Crippen LogP contribution is 2.49. The molecule has 0 heterocycles. The summed E-state index contributed by atoms with van der Waals surface area (Å²) >= 11 is 0. The van der Waals surface area contributed by atoms with E-state index in [0.29, 0.717) is 10.5 Å². The van der Waals surface area contributed by atoms with Crippen molar-refractivity contribution < 1.29 is 0 Å². The van der Waals surface area contributed by atoms with Crippen LogP contribution in [-0.4, -0.2) is 0 Å². The van der Waals surface area contributed by atoms with Gasteiger partial charge in [-0.3, -0.25) is 0 Å². The number of hydrogen-bond acceptors (Lipinski definition) is 2. The highest BCUT2D eigenvalue weighted by Gasteiger charge is 2.17. The lowest BCUT2D eigenvalue weighted by Crippen LogP contribution is -1.95. The van der Waals surface area contributed by atoms with E-state index < -0.39 is 0 Å². The SMILES string of the molecule is CC[C@@H](SS[C@H](CC)c1cccc(-c2ccc(C)cc2)c1)c1cccc(-c2ccc(C)cc2)c1. The summed E-state index contributed by atoms with van der Waals surface area (Å²) in [5, 5.41) is 0.953. The van der Waals surface area contributed by atoms with Gasteiger partial charge < -0.3 is 0 Å². The van der Waals surface area contributed by atoms with Gasteiger partial charge in [0.2, 0.25) is 0 Å². The molecule has 0 aliphatic carbocycles. The lowest BCUT2D eigenvalue weighted by Gasteiger charge is -2.20. The third kappa shape index (κ3) is 6.17. The molecule has 0 spiro atoms. The fraction of sp³-hybridized carbons (Fsp3) is 0.250. The average molecular weight is 483 g/mol. The Hall–Kier alpha value is -2.42. The Kier molecular flexibility index (Phi) is 8.59. The Labute approximate surface area is 213 Å². The molecule has 4 aromatic rings. The fourth-order valence-corrected chi connectivity index (χ4v) is 7.53. The Morgan fingerprint density at radius 2 is 0.882 bits per heavy atom. The summed E-state index contributed by atoms with van der Waals surface area (Å²) in [7, 11) is 4.06. The van der Waals surface area contributed by atoms with Crippen molar-refractivity contribution in [1.82, 2.24) is 0 Å². The average Bonchev–Trinajstić information content (AvgIpc) is 2.88. The quantitative estimate of drug-likeness (QED) is 0.218. The second-order valence-electron chi connectivity index (χ2n) is 8.97. The van der Waals surface area contributed by atoms with Crippen LogP contribution in [0.1, 0.15) is 59.4 Å². The van der Waals surface area contributed by atoms with Gasteiger partial charge in [-0.15, -0.1) is 0 Å². The molecule has 0 aliphatic rings. The number of benzene rings is 4.